The number of rotatable bonds is 3. The van der Waals surface area contributed by atoms with E-state index in [1.165, 1.54) is 12.1 Å². The zero-order valence-corrected chi connectivity index (χ0v) is 23.9. The van der Waals surface area contributed by atoms with Crippen LogP contribution in [-0.4, -0.2) is 76.2 Å². The Balaban J connectivity index is 1.46. The Bertz CT molecular complexity index is 1720. The van der Waals surface area contributed by atoms with Crippen molar-refractivity contribution in [3.05, 3.63) is 83.2 Å². The molecule has 2 aliphatic rings. The van der Waals surface area contributed by atoms with E-state index in [9.17, 15) is 13.2 Å². The number of fused-ring (bicyclic) bond motifs is 6. The lowest BCUT2D eigenvalue weighted by Crippen LogP contribution is -2.40. The molecule has 1 unspecified atom stereocenters. The minimum Gasteiger partial charge on any atom is -0.471 e. The van der Waals surface area contributed by atoms with E-state index in [1.54, 1.807) is 27.8 Å². The standard InChI is InChI=1S/C29H31N7O4S/c1-19-6-4-7-20(2)27(19)25-15-26-31-29(30-25)33-41(38,39)24-9-5-8-21(14-24)28(37)36-13-12-35(17-23(18-36)40-26)16-22-10-11-34(3)32-22/h4-11,14-15,23H,12-13,16-18H2,1-3H3,(H,30,31,33). The van der Waals surface area contributed by atoms with Crippen LogP contribution in [0.5, 0.6) is 5.88 Å². The number of nitrogens with zero attached hydrogens (tertiary/aromatic N) is 6. The van der Waals surface area contributed by atoms with Crippen molar-refractivity contribution < 1.29 is 17.9 Å². The number of benzene rings is 2. The van der Waals surface area contributed by atoms with Gasteiger partial charge in [-0.25, -0.2) is 18.1 Å². The van der Waals surface area contributed by atoms with E-state index in [1.807, 2.05) is 51.4 Å². The van der Waals surface area contributed by atoms with Gasteiger partial charge in [0.15, 0.2) is 0 Å². The highest BCUT2D eigenvalue weighted by atomic mass is 32.2. The summed E-state index contributed by atoms with van der Waals surface area (Å²) in [6.45, 7) is 6.43. The van der Waals surface area contributed by atoms with E-state index in [0.29, 0.717) is 38.4 Å². The third-order valence-electron chi connectivity index (χ3n) is 7.36. The van der Waals surface area contributed by atoms with Gasteiger partial charge >= 0.3 is 0 Å². The van der Waals surface area contributed by atoms with Crippen molar-refractivity contribution in [2.45, 2.75) is 31.4 Å². The number of carbonyl (C=O) groups is 1. The fourth-order valence-corrected chi connectivity index (χ4v) is 6.41. The van der Waals surface area contributed by atoms with Crippen molar-refractivity contribution in [2.75, 3.05) is 30.9 Å². The van der Waals surface area contributed by atoms with E-state index in [-0.39, 0.29) is 28.2 Å². The van der Waals surface area contributed by atoms with Gasteiger partial charge in [0, 0.05) is 56.6 Å². The number of ether oxygens (including phenoxy) is 1. The van der Waals surface area contributed by atoms with Crippen LogP contribution in [-0.2, 0) is 23.6 Å². The van der Waals surface area contributed by atoms with Gasteiger partial charge in [-0.1, -0.05) is 24.3 Å². The largest absolute Gasteiger partial charge is 0.471 e. The predicted octanol–water partition coefficient (Wildman–Crippen LogP) is 3.01. The Hall–Kier alpha value is -4.29. The molecular formula is C29H31N7O4S. The lowest BCUT2D eigenvalue weighted by Gasteiger charge is -2.25. The van der Waals surface area contributed by atoms with Crippen LogP contribution in [0.1, 0.15) is 27.2 Å². The number of aromatic nitrogens is 4. The second-order valence-corrected chi connectivity index (χ2v) is 12.2. The molecule has 0 radical (unpaired) electrons. The second kappa shape index (κ2) is 10.6. The molecule has 11 nitrogen and oxygen atoms in total. The molecule has 6 rings (SSSR count). The molecule has 6 bridgehead atoms. The highest BCUT2D eigenvalue weighted by Crippen LogP contribution is 2.30. The first-order chi connectivity index (χ1) is 19.6. The predicted molar refractivity (Wildman–Crippen MR) is 153 cm³/mol. The van der Waals surface area contributed by atoms with Crippen LogP contribution in [0.3, 0.4) is 0 Å². The third kappa shape index (κ3) is 5.66. The fourth-order valence-electron chi connectivity index (χ4n) is 5.42. The molecule has 1 N–H and O–H groups in total. The van der Waals surface area contributed by atoms with Crippen LogP contribution in [0.2, 0.25) is 0 Å². The normalized spacial score (nSPS) is 18.8. The van der Waals surface area contributed by atoms with E-state index < -0.39 is 16.1 Å². The van der Waals surface area contributed by atoms with Crippen LogP contribution in [0.4, 0.5) is 5.95 Å². The van der Waals surface area contributed by atoms with Gasteiger partial charge < -0.3 is 9.64 Å². The molecule has 1 fully saturated rings. The van der Waals surface area contributed by atoms with E-state index >= 15 is 0 Å². The first-order valence-corrected chi connectivity index (χ1v) is 14.9. The zero-order valence-electron chi connectivity index (χ0n) is 23.1. The van der Waals surface area contributed by atoms with Gasteiger partial charge in [-0.15, -0.1) is 0 Å². The molecule has 1 atom stereocenters. The summed E-state index contributed by atoms with van der Waals surface area (Å²) in [5.74, 6) is -0.144. The summed E-state index contributed by atoms with van der Waals surface area (Å²) in [6.07, 6.45) is 1.46. The SMILES string of the molecule is Cc1cccc(C)c1-c1cc2nc(n1)NS(=O)(=O)c1cccc(c1)C(=O)N1CCN(Cc3ccn(C)n3)CC(C1)O2. The van der Waals surface area contributed by atoms with Gasteiger partial charge in [0.2, 0.25) is 11.8 Å². The molecule has 0 spiro atoms. The molecule has 2 aromatic heterocycles. The summed E-state index contributed by atoms with van der Waals surface area (Å²) < 4.78 is 37.5. The highest BCUT2D eigenvalue weighted by Gasteiger charge is 2.30. The Morgan fingerprint density at radius 3 is 2.54 bits per heavy atom. The first kappa shape index (κ1) is 26.9. The fraction of sp³-hybridized carbons (Fsp3) is 0.310. The summed E-state index contributed by atoms with van der Waals surface area (Å²) >= 11 is 0. The van der Waals surface area contributed by atoms with Crippen LogP contribution < -0.4 is 9.46 Å². The van der Waals surface area contributed by atoms with Gasteiger partial charge in [0.05, 0.1) is 22.8 Å². The Kier molecular flexibility index (Phi) is 6.96. The van der Waals surface area contributed by atoms with Crippen LogP contribution >= 0.6 is 0 Å². The van der Waals surface area contributed by atoms with Gasteiger partial charge in [0.25, 0.3) is 15.9 Å². The molecule has 4 heterocycles. The van der Waals surface area contributed by atoms with Crippen molar-refractivity contribution in [3.63, 3.8) is 0 Å². The monoisotopic (exact) mass is 573 g/mol. The van der Waals surface area contributed by atoms with Crippen molar-refractivity contribution in [1.82, 2.24) is 29.5 Å². The summed E-state index contributed by atoms with van der Waals surface area (Å²) in [5.41, 5.74) is 4.60. The molecule has 0 aliphatic carbocycles. The number of hydrogen-bond donors (Lipinski definition) is 1. The molecule has 12 heteroatoms. The molecule has 2 aliphatic heterocycles. The Morgan fingerprint density at radius 2 is 1.78 bits per heavy atom. The number of anilines is 1. The van der Waals surface area contributed by atoms with Gasteiger partial charge in [-0.05, 0) is 49.2 Å². The minimum atomic E-state index is -4.09. The molecular weight excluding hydrogens is 542 g/mol. The Labute approximate surface area is 238 Å². The summed E-state index contributed by atoms with van der Waals surface area (Å²) in [7, 11) is -2.21. The topological polar surface area (TPSA) is 123 Å². The molecule has 1 amide bonds. The van der Waals surface area contributed by atoms with Gasteiger partial charge in [0.1, 0.15) is 6.10 Å². The number of amides is 1. The summed E-state index contributed by atoms with van der Waals surface area (Å²) in [5, 5.41) is 4.52. The third-order valence-corrected chi connectivity index (χ3v) is 8.68. The van der Waals surface area contributed by atoms with Crippen LogP contribution in [0.15, 0.2) is 65.7 Å². The average molecular weight is 574 g/mol. The lowest BCUT2D eigenvalue weighted by atomic mass is 10.00. The Morgan fingerprint density at radius 1 is 1.00 bits per heavy atom. The van der Waals surface area contributed by atoms with Crippen LogP contribution in [0, 0.1) is 13.8 Å². The first-order valence-electron chi connectivity index (χ1n) is 13.4. The highest BCUT2D eigenvalue weighted by molar-refractivity contribution is 7.92. The smallest absolute Gasteiger partial charge is 0.264 e. The molecule has 1 saturated heterocycles. The maximum absolute atomic E-state index is 13.6. The molecule has 4 aromatic rings. The molecule has 2 aromatic carbocycles. The van der Waals surface area contributed by atoms with E-state index in [2.05, 4.69) is 24.7 Å². The number of carbonyl (C=O) groups excluding carboxylic acids is 1. The van der Waals surface area contributed by atoms with Crippen LogP contribution in [0.25, 0.3) is 11.3 Å². The zero-order chi connectivity index (χ0) is 28.7. The molecule has 41 heavy (non-hydrogen) atoms. The van der Waals surface area contributed by atoms with E-state index in [4.69, 9.17) is 4.74 Å². The van der Waals surface area contributed by atoms with Crippen molar-refractivity contribution in [3.8, 4) is 17.1 Å². The summed E-state index contributed by atoms with van der Waals surface area (Å²) in [4.78, 5) is 26.6. The second-order valence-electron chi connectivity index (χ2n) is 10.5. The average Bonchev–Trinajstić information content (AvgIpc) is 3.23. The number of hydrogen-bond acceptors (Lipinski definition) is 8. The lowest BCUT2D eigenvalue weighted by molar-refractivity contribution is 0.0690. The van der Waals surface area contributed by atoms with E-state index in [0.717, 1.165) is 22.4 Å². The number of aryl methyl sites for hydroxylation is 3. The van der Waals surface area contributed by atoms with Crippen molar-refractivity contribution in [2.24, 2.45) is 7.05 Å². The van der Waals surface area contributed by atoms with Gasteiger partial charge in [-0.2, -0.15) is 10.1 Å². The maximum Gasteiger partial charge on any atom is 0.264 e. The molecule has 212 valence electrons. The van der Waals surface area contributed by atoms with Crippen molar-refractivity contribution >= 4 is 21.9 Å². The minimum absolute atomic E-state index is 0.0470. The summed E-state index contributed by atoms with van der Waals surface area (Å²) in [6, 6.07) is 15.7. The maximum atomic E-state index is 13.6. The van der Waals surface area contributed by atoms with Gasteiger partial charge in [-0.3, -0.25) is 14.4 Å². The number of sulfonamides is 1. The molecule has 0 saturated carbocycles. The van der Waals surface area contributed by atoms with Crippen molar-refractivity contribution in [1.29, 1.82) is 0 Å². The quantitative estimate of drug-likeness (QED) is 0.397. The number of nitrogens with one attached hydrogen (secondary N) is 1.